The fourth-order valence-electron chi connectivity index (χ4n) is 3.63. The van der Waals surface area contributed by atoms with Crippen LogP contribution in [0, 0.1) is 0 Å². The number of esters is 1. The molecule has 0 spiro atoms. The highest BCUT2D eigenvalue weighted by molar-refractivity contribution is 5.88. The van der Waals surface area contributed by atoms with Crippen LogP contribution >= 0.6 is 0 Å². The fourth-order valence-corrected chi connectivity index (χ4v) is 3.63. The Morgan fingerprint density at radius 1 is 1.07 bits per heavy atom. The van der Waals surface area contributed by atoms with Gasteiger partial charge in [-0.2, -0.15) is 0 Å². The van der Waals surface area contributed by atoms with Crippen molar-refractivity contribution in [2.75, 3.05) is 18.1 Å². The van der Waals surface area contributed by atoms with Gasteiger partial charge in [-0.25, -0.2) is 9.78 Å². The Hall–Kier alpha value is -2.11. The smallest absolute Gasteiger partial charge is 0.416 e. The van der Waals surface area contributed by atoms with Crippen LogP contribution in [0.1, 0.15) is 90.3 Å². The van der Waals surface area contributed by atoms with Crippen molar-refractivity contribution in [1.82, 2.24) is 4.98 Å². The highest BCUT2D eigenvalue weighted by atomic mass is 16.6. The summed E-state index contributed by atoms with van der Waals surface area (Å²) in [6, 6.07) is 4.21. The molecule has 1 aliphatic rings. The Kier molecular flexibility index (Phi) is 9.60. The van der Waals surface area contributed by atoms with E-state index in [0.29, 0.717) is 19.6 Å². The van der Waals surface area contributed by atoms with Crippen LogP contribution in [0.4, 0.5) is 10.6 Å². The van der Waals surface area contributed by atoms with Crippen LogP contribution in [-0.4, -0.2) is 35.8 Å². The highest BCUT2D eigenvalue weighted by Crippen LogP contribution is 2.27. The summed E-state index contributed by atoms with van der Waals surface area (Å²) in [5.41, 5.74) is 1.65. The molecule has 2 heterocycles. The van der Waals surface area contributed by atoms with Crippen molar-refractivity contribution in [1.29, 1.82) is 0 Å². The normalized spacial score (nSPS) is 13.7. The zero-order valence-electron chi connectivity index (χ0n) is 19.2. The SMILES string of the molecule is CCOC(=O)CCCCCCCCc1ccc2c(n1)N(C(=O)OC(C)(C)C)CCC2. The summed E-state index contributed by atoms with van der Waals surface area (Å²) in [7, 11) is 0. The molecule has 0 fully saturated rings. The topological polar surface area (TPSA) is 68.7 Å². The number of amides is 1. The average Bonchev–Trinajstić information content (AvgIpc) is 2.68. The Labute approximate surface area is 181 Å². The number of hydrogen-bond donors (Lipinski definition) is 0. The molecular formula is C24H38N2O4. The largest absolute Gasteiger partial charge is 0.466 e. The summed E-state index contributed by atoms with van der Waals surface area (Å²) in [5, 5.41) is 0. The second-order valence-corrected chi connectivity index (χ2v) is 8.95. The van der Waals surface area contributed by atoms with E-state index >= 15 is 0 Å². The minimum absolute atomic E-state index is 0.0867. The first kappa shape index (κ1) is 24.2. The van der Waals surface area contributed by atoms with Gasteiger partial charge in [0, 0.05) is 18.7 Å². The van der Waals surface area contributed by atoms with E-state index in [1.54, 1.807) is 4.90 Å². The van der Waals surface area contributed by atoms with E-state index in [1.165, 1.54) is 0 Å². The van der Waals surface area contributed by atoms with Gasteiger partial charge in [-0.15, -0.1) is 0 Å². The predicted octanol–water partition coefficient (Wildman–Crippen LogP) is 5.61. The number of hydrogen-bond acceptors (Lipinski definition) is 5. The van der Waals surface area contributed by atoms with E-state index in [4.69, 9.17) is 14.5 Å². The summed E-state index contributed by atoms with van der Waals surface area (Å²) in [5.74, 6) is 0.684. The summed E-state index contributed by atoms with van der Waals surface area (Å²) in [4.78, 5) is 30.4. The lowest BCUT2D eigenvalue weighted by Crippen LogP contribution is -2.40. The molecule has 0 unspecified atom stereocenters. The van der Waals surface area contributed by atoms with Crippen LogP contribution in [0.25, 0.3) is 0 Å². The molecule has 1 aromatic heterocycles. The maximum Gasteiger partial charge on any atom is 0.416 e. The maximum atomic E-state index is 12.6. The molecule has 0 aromatic carbocycles. The number of pyridine rings is 1. The van der Waals surface area contributed by atoms with Gasteiger partial charge in [-0.3, -0.25) is 9.69 Å². The lowest BCUT2D eigenvalue weighted by molar-refractivity contribution is -0.143. The standard InChI is InChI=1S/C24H38N2O4/c1-5-29-21(27)15-11-9-7-6-8-10-14-20-17-16-19-13-12-18-26(22(19)25-20)23(28)30-24(2,3)4/h16-17H,5-15,18H2,1-4H3. The van der Waals surface area contributed by atoms with Crippen molar-refractivity contribution in [3.05, 3.63) is 23.4 Å². The van der Waals surface area contributed by atoms with Crippen LogP contribution in [0.3, 0.4) is 0 Å². The van der Waals surface area contributed by atoms with Crippen LogP contribution in [0.5, 0.6) is 0 Å². The number of fused-ring (bicyclic) bond motifs is 1. The molecule has 0 bridgehead atoms. The van der Waals surface area contributed by atoms with Gasteiger partial charge in [0.25, 0.3) is 0 Å². The minimum Gasteiger partial charge on any atom is -0.466 e. The van der Waals surface area contributed by atoms with Crippen molar-refractivity contribution in [2.45, 2.75) is 97.5 Å². The lowest BCUT2D eigenvalue weighted by atomic mass is 10.0. The van der Waals surface area contributed by atoms with E-state index in [2.05, 4.69) is 12.1 Å². The third kappa shape index (κ3) is 8.33. The third-order valence-electron chi connectivity index (χ3n) is 5.08. The molecule has 0 aliphatic carbocycles. The van der Waals surface area contributed by atoms with E-state index in [1.807, 2.05) is 27.7 Å². The summed E-state index contributed by atoms with van der Waals surface area (Å²) < 4.78 is 10.5. The molecule has 0 saturated carbocycles. The molecule has 6 nitrogen and oxygen atoms in total. The molecule has 0 atom stereocenters. The Morgan fingerprint density at radius 2 is 1.77 bits per heavy atom. The first-order valence-corrected chi connectivity index (χ1v) is 11.4. The Balaban J connectivity index is 1.76. The Bertz CT molecular complexity index is 697. The zero-order valence-corrected chi connectivity index (χ0v) is 19.2. The summed E-state index contributed by atoms with van der Waals surface area (Å²) in [6.45, 7) is 8.61. The van der Waals surface area contributed by atoms with Crippen molar-refractivity contribution in [3.63, 3.8) is 0 Å². The zero-order chi connectivity index (χ0) is 22.0. The monoisotopic (exact) mass is 418 g/mol. The van der Waals surface area contributed by atoms with E-state index in [9.17, 15) is 9.59 Å². The number of unbranched alkanes of at least 4 members (excludes halogenated alkanes) is 5. The predicted molar refractivity (Wildman–Crippen MR) is 119 cm³/mol. The van der Waals surface area contributed by atoms with Crippen LogP contribution in [-0.2, 0) is 27.1 Å². The van der Waals surface area contributed by atoms with Crippen LogP contribution in [0.15, 0.2) is 12.1 Å². The second kappa shape index (κ2) is 11.9. The van der Waals surface area contributed by atoms with E-state index in [-0.39, 0.29) is 12.1 Å². The summed E-state index contributed by atoms with van der Waals surface area (Å²) >= 11 is 0. The van der Waals surface area contributed by atoms with Crippen molar-refractivity contribution in [2.24, 2.45) is 0 Å². The second-order valence-electron chi connectivity index (χ2n) is 8.95. The number of carbonyl (C=O) groups is 2. The van der Waals surface area contributed by atoms with Crippen molar-refractivity contribution >= 4 is 17.9 Å². The number of anilines is 1. The molecule has 30 heavy (non-hydrogen) atoms. The minimum atomic E-state index is -0.511. The third-order valence-corrected chi connectivity index (χ3v) is 5.08. The van der Waals surface area contributed by atoms with E-state index < -0.39 is 5.60 Å². The number of rotatable bonds is 10. The van der Waals surface area contributed by atoms with Gasteiger partial charge in [0.1, 0.15) is 11.4 Å². The number of carbonyl (C=O) groups excluding carboxylic acids is 2. The lowest BCUT2D eigenvalue weighted by Gasteiger charge is -2.31. The number of ether oxygens (including phenoxy) is 2. The van der Waals surface area contributed by atoms with Gasteiger partial charge >= 0.3 is 12.1 Å². The van der Waals surface area contributed by atoms with Gasteiger partial charge in [-0.1, -0.05) is 31.7 Å². The molecule has 0 saturated heterocycles. The molecule has 1 aromatic rings. The maximum absolute atomic E-state index is 12.6. The highest BCUT2D eigenvalue weighted by Gasteiger charge is 2.28. The van der Waals surface area contributed by atoms with Gasteiger partial charge in [0.05, 0.1) is 6.61 Å². The first-order valence-electron chi connectivity index (χ1n) is 11.4. The van der Waals surface area contributed by atoms with Gasteiger partial charge in [0.15, 0.2) is 0 Å². The number of nitrogens with zero attached hydrogens (tertiary/aromatic N) is 2. The van der Waals surface area contributed by atoms with Crippen LogP contribution < -0.4 is 4.90 Å². The average molecular weight is 419 g/mol. The molecule has 1 amide bonds. The van der Waals surface area contributed by atoms with E-state index in [0.717, 1.165) is 74.9 Å². The van der Waals surface area contributed by atoms with Gasteiger partial charge in [-0.05, 0) is 71.4 Å². The molecule has 0 N–H and O–H groups in total. The number of aryl methyl sites for hydroxylation is 2. The Morgan fingerprint density at radius 3 is 2.47 bits per heavy atom. The van der Waals surface area contributed by atoms with Gasteiger partial charge in [0.2, 0.25) is 0 Å². The quantitative estimate of drug-likeness (QED) is 0.365. The molecule has 6 heteroatoms. The first-order chi connectivity index (χ1) is 14.3. The molecule has 168 valence electrons. The number of aromatic nitrogens is 1. The molecule has 0 radical (unpaired) electrons. The summed E-state index contributed by atoms with van der Waals surface area (Å²) in [6.07, 6.45) is 9.53. The van der Waals surface area contributed by atoms with Crippen molar-refractivity contribution < 1.29 is 19.1 Å². The fraction of sp³-hybridized carbons (Fsp3) is 0.708. The van der Waals surface area contributed by atoms with Crippen molar-refractivity contribution in [3.8, 4) is 0 Å². The molecule has 1 aliphatic heterocycles. The van der Waals surface area contributed by atoms with Crippen LogP contribution in [0.2, 0.25) is 0 Å². The molecule has 2 rings (SSSR count). The van der Waals surface area contributed by atoms with Gasteiger partial charge < -0.3 is 9.47 Å². The molecular weight excluding hydrogens is 380 g/mol.